The van der Waals surface area contributed by atoms with Crippen LogP contribution in [0.4, 0.5) is 18.9 Å². The number of carboxylic acid groups (broad SMARTS) is 1. The number of carbonyl (C=O) groups is 4. The summed E-state index contributed by atoms with van der Waals surface area (Å²) in [6.45, 7) is 3.15. The van der Waals surface area contributed by atoms with Crippen molar-refractivity contribution >= 4 is 29.3 Å². The number of halogens is 3. The number of ketones is 1. The zero-order chi connectivity index (χ0) is 25.2. The number of nitrogens with zero attached hydrogens (tertiary/aromatic N) is 2. The number of aliphatic carboxylic acids is 1. The lowest BCUT2D eigenvalue weighted by molar-refractivity contribution is -0.137. The van der Waals surface area contributed by atoms with Crippen LogP contribution in [0.5, 0.6) is 0 Å². The van der Waals surface area contributed by atoms with Gasteiger partial charge in [-0.15, -0.1) is 0 Å². The number of carbonyl (C=O) groups excluding carboxylic acids is 3. The third kappa shape index (κ3) is 5.21. The summed E-state index contributed by atoms with van der Waals surface area (Å²) in [7, 11) is 0. The summed E-state index contributed by atoms with van der Waals surface area (Å²) in [4.78, 5) is 54.4. The number of aromatic nitrogens is 1. The zero-order valence-electron chi connectivity index (χ0n) is 18.5. The van der Waals surface area contributed by atoms with E-state index in [0.29, 0.717) is 11.4 Å². The van der Waals surface area contributed by atoms with E-state index < -0.39 is 41.9 Å². The molecule has 1 aromatic carbocycles. The molecule has 34 heavy (non-hydrogen) atoms. The largest absolute Gasteiger partial charge is 0.480 e. The molecule has 0 saturated carbocycles. The van der Waals surface area contributed by atoms with Gasteiger partial charge < -0.3 is 25.2 Å². The van der Waals surface area contributed by atoms with Crippen molar-refractivity contribution in [2.24, 2.45) is 0 Å². The molecule has 1 aliphatic rings. The maximum atomic E-state index is 13.0. The number of benzene rings is 1. The maximum absolute atomic E-state index is 13.0. The molecule has 0 bridgehead atoms. The number of hydrogen-bond acceptors (Lipinski definition) is 5. The van der Waals surface area contributed by atoms with Crippen molar-refractivity contribution < 1.29 is 37.5 Å². The van der Waals surface area contributed by atoms with E-state index in [-0.39, 0.29) is 43.0 Å². The third-order valence-corrected chi connectivity index (χ3v) is 5.59. The first-order valence-electron chi connectivity index (χ1n) is 10.3. The van der Waals surface area contributed by atoms with Gasteiger partial charge in [-0.05, 0) is 37.6 Å². The Morgan fingerprint density at radius 1 is 1.09 bits per heavy atom. The van der Waals surface area contributed by atoms with Gasteiger partial charge in [-0.2, -0.15) is 13.2 Å². The summed E-state index contributed by atoms with van der Waals surface area (Å²) in [5.74, 6) is -3.56. The smallest absolute Gasteiger partial charge is 0.416 e. The predicted octanol–water partition coefficient (Wildman–Crippen LogP) is 2.00. The molecule has 182 valence electrons. The molecular formula is C22H23F3N4O5. The van der Waals surface area contributed by atoms with Crippen molar-refractivity contribution in [3.63, 3.8) is 0 Å². The number of anilines is 1. The minimum absolute atomic E-state index is 0.00994. The van der Waals surface area contributed by atoms with Crippen LogP contribution in [0.2, 0.25) is 0 Å². The van der Waals surface area contributed by atoms with Gasteiger partial charge in [0.05, 0.1) is 11.1 Å². The molecule has 3 N–H and O–H groups in total. The number of alkyl halides is 3. The number of nitrogens with one attached hydrogen (secondary N) is 2. The fraction of sp³-hybridized carbons (Fsp3) is 0.364. The van der Waals surface area contributed by atoms with Crippen molar-refractivity contribution in [3.05, 3.63) is 52.3 Å². The van der Waals surface area contributed by atoms with E-state index in [1.54, 1.807) is 11.0 Å². The predicted molar refractivity (Wildman–Crippen MR) is 115 cm³/mol. The summed E-state index contributed by atoms with van der Waals surface area (Å²) < 4.78 is 39.0. The lowest BCUT2D eigenvalue weighted by atomic mass is 10.0. The average Bonchev–Trinajstić information content (AvgIpc) is 3.10. The Hall–Kier alpha value is -3.83. The zero-order valence-corrected chi connectivity index (χ0v) is 18.5. The Balaban J connectivity index is 1.68. The van der Waals surface area contributed by atoms with Gasteiger partial charge in [0.25, 0.3) is 17.6 Å². The van der Waals surface area contributed by atoms with E-state index in [4.69, 9.17) is 5.11 Å². The van der Waals surface area contributed by atoms with Crippen LogP contribution in [-0.4, -0.2) is 71.3 Å². The van der Waals surface area contributed by atoms with Crippen molar-refractivity contribution in [2.75, 3.05) is 37.6 Å². The highest BCUT2D eigenvalue weighted by Crippen LogP contribution is 2.32. The molecule has 9 nitrogen and oxygen atoms in total. The molecule has 0 radical (unpaired) electrons. The Kier molecular flexibility index (Phi) is 6.99. The van der Waals surface area contributed by atoms with Gasteiger partial charge in [-0.3, -0.25) is 19.2 Å². The minimum Gasteiger partial charge on any atom is -0.480 e. The highest BCUT2D eigenvalue weighted by Gasteiger charge is 2.33. The van der Waals surface area contributed by atoms with Crippen LogP contribution < -0.4 is 10.2 Å². The molecular weight excluding hydrogens is 457 g/mol. The molecule has 1 aromatic heterocycles. The van der Waals surface area contributed by atoms with Crippen LogP contribution in [0.25, 0.3) is 0 Å². The number of carboxylic acids is 1. The molecule has 0 unspecified atom stereocenters. The maximum Gasteiger partial charge on any atom is 0.416 e. The van der Waals surface area contributed by atoms with Gasteiger partial charge >= 0.3 is 12.1 Å². The van der Waals surface area contributed by atoms with Crippen LogP contribution in [0.1, 0.15) is 37.7 Å². The van der Waals surface area contributed by atoms with E-state index in [2.05, 4.69) is 10.3 Å². The number of amides is 2. The minimum atomic E-state index is -4.46. The van der Waals surface area contributed by atoms with Crippen molar-refractivity contribution in [1.82, 2.24) is 15.2 Å². The molecule has 0 spiro atoms. The second kappa shape index (κ2) is 9.57. The van der Waals surface area contributed by atoms with E-state index in [1.165, 1.54) is 24.8 Å². The number of aryl methyl sites for hydroxylation is 1. The molecule has 1 fully saturated rings. The summed E-state index contributed by atoms with van der Waals surface area (Å²) in [5, 5.41) is 10.9. The Morgan fingerprint density at radius 3 is 2.32 bits per heavy atom. The molecule has 2 aromatic rings. The number of hydrogen-bond donors (Lipinski definition) is 3. The number of aromatic amines is 1. The molecule has 12 heteroatoms. The Morgan fingerprint density at radius 2 is 1.74 bits per heavy atom. The molecule has 0 aliphatic carbocycles. The first-order chi connectivity index (χ1) is 15.9. The number of rotatable bonds is 6. The van der Waals surface area contributed by atoms with Gasteiger partial charge in [0.1, 0.15) is 12.2 Å². The lowest BCUT2D eigenvalue weighted by Gasteiger charge is -2.36. The van der Waals surface area contributed by atoms with Crippen LogP contribution in [-0.2, 0) is 15.8 Å². The highest BCUT2D eigenvalue weighted by molar-refractivity contribution is 6.43. The molecule has 1 saturated heterocycles. The normalized spacial score (nSPS) is 14.1. The van der Waals surface area contributed by atoms with Crippen molar-refractivity contribution in [3.8, 4) is 0 Å². The molecule has 0 atom stereocenters. The monoisotopic (exact) mass is 480 g/mol. The topological polar surface area (TPSA) is 123 Å². The summed E-state index contributed by atoms with van der Waals surface area (Å²) in [6.07, 6.45) is -4.46. The SMILES string of the molecule is Cc1[nH]c(C(=O)NCC(=O)O)c(C)c1C(=O)C(=O)N1CCN(c2cccc(C(F)(F)F)c2)CC1. The van der Waals surface area contributed by atoms with Crippen LogP contribution in [0.15, 0.2) is 24.3 Å². The van der Waals surface area contributed by atoms with E-state index >= 15 is 0 Å². The highest BCUT2D eigenvalue weighted by atomic mass is 19.4. The number of H-pyrrole nitrogens is 1. The number of Topliss-reactive ketones (excluding diaryl/α,β-unsaturated/α-hetero) is 1. The van der Waals surface area contributed by atoms with Crippen LogP contribution >= 0.6 is 0 Å². The van der Waals surface area contributed by atoms with Crippen LogP contribution in [0, 0.1) is 13.8 Å². The first kappa shape index (κ1) is 24.8. The fourth-order valence-electron chi connectivity index (χ4n) is 3.86. The van der Waals surface area contributed by atoms with Crippen molar-refractivity contribution in [1.29, 1.82) is 0 Å². The molecule has 2 heterocycles. The van der Waals surface area contributed by atoms with E-state index in [9.17, 15) is 32.3 Å². The van der Waals surface area contributed by atoms with E-state index in [0.717, 1.165) is 12.1 Å². The Labute approximate surface area is 192 Å². The lowest BCUT2D eigenvalue weighted by Crippen LogP contribution is -2.50. The molecule has 3 rings (SSSR count). The van der Waals surface area contributed by atoms with Gasteiger partial charge in [0.15, 0.2) is 0 Å². The number of piperazine rings is 1. The summed E-state index contributed by atoms with van der Waals surface area (Å²) >= 11 is 0. The van der Waals surface area contributed by atoms with Gasteiger partial charge in [0.2, 0.25) is 0 Å². The first-order valence-corrected chi connectivity index (χ1v) is 10.3. The summed E-state index contributed by atoms with van der Waals surface area (Å²) in [5.41, 5.74) is 0.151. The second-order valence-corrected chi connectivity index (χ2v) is 7.86. The average molecular weight is 480 g/mol. The third-order valence-electron chi connectivity index (χ3n) is 5.59. The quantitative estimate of drug-likeness (QED) is 0.429. The van der Waals surface area contributed by atoms with Gasteiger partial charge in [-0.1, -0.05) is 6.07 Å². The van der Waals surface area contributed by atoms with E-state index in [1.807, 2.05) is 0 Å². The second-order valence-electron chi connectivity index (χ2n) is 7.86. The molecule has 1 aliphatic heterocycles. The van der Waals surface area contributed by atoms with Crippen molar-refractivity contribution in [2.45, 2.75) is 20.0 Å². The van der Waals surface area contributed by atoms with Gasteiger partial charge in [0, 0.05) is 37.6 Å². The summed E-state index contributed by atoms with van der Waals surface area (Å²) in [6, 6.07) is 4.91. The Bertz CT molecular complexity index is 1130. The van der Waals surface area contributed by atoms with Crippen LogP contribution in [0.3, 0.4) is 0 Å². The fourth-order valence-corrected chi connectivity index (χ4v) is 3.86. The molecule has 2 amide bonds. The standard InChI is InChI=1S/C22H23F3N4O5/c1-12-17(13(2)27-18(12)20(33)26-11-16(30)31)19(32)21(34)29-8-6-28(7-9-29)15-5-3-4-14(10-15)22(23,24)25/h3-5,10,27H,6-9,11H2,1-2H3,(H,26,33)(H,30,31). The van der Waals surface area contributed by atoms with Gasteiger partial charge in [-0.25, -0.2) is 0 Å².